The lowest BCUT2D eigenvalue weighted by Crippen LogP contribution is -2.20. The molecule has 0 bridgehead atoms. The first kappa shape index (κ1) is 26.3. The molecule has 1 aliphatic heterocycles. The maximum Gasteiger partial charge on any atom is 0.453 e. The molecule has 1 atom stereocenters. The Bertz CT molecular complexity index is 1690. The highest BCUT2D eigenvalue weighted by molar-refractivity contribution is 7.92. The molecule has 5 rings (SSSR count). The van der Waals surface area contributed by atoms with Crippen molar-refractivity contribution in [1.29, 1.82) is 0 Å². The van der Waals surface area contributed by atoms with Crippen LogP contribution in [0.3, 0.4) is 0 Å². The minimum atomic E-state index is -4.76. The molecule has 14 heteroatoms. The number of nitrogens with zero attached hydrogens (tertiary/aromatic N) is 3. The molecular formula is C25H17ClF3N5O4S. The molecule has 3 aromatic carbocycles. The lowest BCUT2D eigenvalue weighted by Gasteiger charge is -2.24. The Morgan fingerprint density at radius 3 is 2.23 bits per heavy atom. The summed E-state index contributed by atoms with van der Waals surface area (Å²) in [6, 6.07) is 16.6. The zero-order chi connectivity index (χ0) is 27.9. The largest absolute Gasteiger partial charge is 0.478 e. The molecule has 9 nitrogen and oxygen atoms in total. The number of halogens is 4. The number of carboxylic acid groups (broad SMARTS) is 1. The molecule has 0 saturated heterocycles. The van der Waals surface area contributed by atoms with Crippen LogP contribution in [0.25, 0.3) is 5.70 Å². The number of anilines is 2. The van der Waals surface area contributed by atoms with Gasteiger partial charge in [-0.25, -0.2) is 17.9 Å². The summed E-state index contributed by atoms with van der Waals surface area (Å²) in [4.78, 5) is 14.5. The molecule has 0 saturated carbocycles. The van der Waals surface area contributed by atoms with Crippen molar-refractivity contribution in [3.8, 4) is 0 Å². The van der Waals surface area contributed by atoms with Crippen molar-refractivity contribution in [1.82, 2.24) is 14.8 Å². The van der Waals surface area contributed by atoms with E-state index < -0.39 is 34.0 Å². The molecular weight excluding hydrogens is 559 g/mol. The van der Waals surface area contributed by atoms with Crippen molar-refractivity contribution in [2.24, 2.45) is 0 Å². The topological polar surface area (TPSA) is 126 Å². The number of carbonyl (C=O) groups is 1. The van der Waals surface area contributed by atoms with Crippen molar-refractivity contribution in [3.63, 3.8) is 0 Å². The summed E-state index contributed by atoms with van der Waals surface area (Å²) in [5.41, 5.74) is 1.67. The van der Waals surface area contributed by atoms with Crippen molar-refractivity contribution in [2.75, 3.05) is 10.0 Å². The summed E-state index contributed by atoms with van der Waals surface area (Å²) in [5, 5.41) is 15.9. The van der Waals surface area contributed by atoms with Gasteiger partial charge in [0.2, 0.25) is 5.95 Å². The number of benzene rings is 3. The molecule has 0 fully saturated rings. The summed E-state index contributed by atoms with van der Waals surface area (Å²) in [6.07, 6.45) is -3.11. The van der Waals surface area contributed by atoms with Gasteiger partial charge < -0.3 is 10.4 Å². The van der Waals surface area contributed by atoms with Gasteiger partial charge in [-0.2, -0.15) is 18.2 Å². The standard InChI is InChI=1S/C25H17ClF3N5O4S/c26-17-7-1-15(2-8-17)21-13-20(30-24-31-23(25(27,28)29)32-34(21)24)14-5-11-19(12-6-14)39(37,38)33-18-9-3-16(4-10-18)22(35)36/h1-13,21,33H,(H,35,36)(H,30,31,32)/t21-/m0/s1. The van der Waals surface area contributed by atoms with Gasteiger partial charge >= 0.3 is 12.1 Å². The van der Waals surface area contributed by atoms with E-state index in [1.54, 1.807) is 30.3 Å². The van der Waals surface area contributed by atoms with Crippen LogP contribution in [-0.4, -0.2) is 34.3 Å². The smallest absolute Gasteiger partial charge is 0.453 e. The number of aromatic carboxylic acids is 1. The predicted molar refractivity (Wildman–Crippen MR) is 137 cm³/mol. The fourth-order valence-corrected chi connectivity index (χ4v) is 5.07. The Morgan fingerprint density at radius 2 is 1.64 bits per heavy atom. The molecule has 0 unspecified atom stereocenters. The molecule has 0 spiro atoms. The van der Waals surface area contributed by atoms with E-state index in [1.165, 1.54) is 48.5 Å². The van der Waals surface area contributed by atoms with Gasteiger partial charge in [0, 0.05) is 16.4 Å². The number of alkyl halides is 3. The highest BCUT2D eigenvalue weighted by atomic mass is 35.5. The first-order valence-corrected chi connectivity index (χ1v) is 13.0. The second-order valence-electron chi connectivity index (χ2n) is 8.42. The summed E-state index contributed by atoms with van der Waals surface area (Å²) in [5.74, 6) is -2.58. The maximum absolute atomic E-state index is 13.4. The molecule has 3 N–H and O–H groups in total. The zero-order valence-electron chi connectivity index (χ0n) is 19.5. The number of nitrogens with one attached hydrogen (secondary N) is 2. The molecule has 2 heterocycles. The fourth-order valence-electron chi connectivity index (χ4n) is 3.89. The number of allylic oxidation sites excluding steroid dienone is 1. The molecule has 0 radical (unpaired) electrons. The number of carboxylic acids is 1. The monoisotopic (exact) mass is 575 g/mol. The second kappa shape index (κ2) is 9.75. The normalized spacial score (nSPS) is 15.2. The van der Waals surface area contributed by atoms with Crippen LogP contribution >= 0.6 is 11.6 Å². The van der Waals surface area contributed by atoms with E-state index in [1.807, 2.05) is 0 Å². The highest BCUT2D eigenvalue weighted by Gasteiger charge is 2.39. The van der Waals surface area contributed by atoms with Crippen LogP contribution in [0.1, 0.15) is 33.4 Å². The summed E-state index contributed by atoms with van der Waals surface area (Å²) in [6.45, 7) is 0. The van der Waals surface area contributed by atoms with Gasteiger partial charge in [-0.3, -0.25) is 4.72 Å². The van der Waals surface area contributed by atoms with E-state index in [9.17, 15) is 26.4 Å². The summed E-state index contributed by atoms with van der Waals surface area (Å²) >= 11 is 5.97. The van der Waals surface area contributed by atoms with Gasteiger partial charge in [-0.15, -0.1) is 5.10 Å². The van der Waals surface area contributed by atoms with Crippen LogP contribution in [0.2, 0.25) is 5.02 Å². The number of sulfonamides is 1. The average Bonchev–Trinajstić information content (AvgIpc) is 3.34. The Balaban J connectivity index is 1.45. The average molecular weight is 576 g/mol. The van der Waals surface area contributed by atoms with Crippen LogP contribution in [0, 0.1) is 0 Å². The summed E-state index contributed by atoms with van der Waals surface area (Å²) in [7, 11) is -4.01. The molecule has 1 aromatic heterocycles. The molecule has 39 heavy (non-hydrogen) atoms. The predicted octanol–water partition coefficient (Wildman–Crippen LogP) is 5.51. The van der Waals surface area contributed by atoms with Gasteiger partial charge in [0.15, 0.2) is 0 Å². The molecule has 0 amide bonds. The van der Waals surface area contributed by atoms with Gasteiger partial charge in [-0.1, -0.05) is 35.9 Å². The third-order valence-corrected chi connectivity index (χ3v) is 7.44. The van der Waals surface area contributed by atoms with Crippen molar-refractivity contribution in [2.45, 2.75) is 17.1 Å². The number of fused-ring (bicyclic) bond motifs is 1. The van der Waals surface area contributed by atoms with Crippen LogP contribution in [0.15, 0.2) is 83.8 Å². The Hall–Kier alpha value is -4.36. The number of hydrogen-bond donors (Lipinski definition) is 3. The minimum Gasteiger partial charge on any atom is -0.478 e. The van der Waals surface area contributed by atoms with E-state index >= 15 is 0 Å². The highest BCUT2D eigenvalue weighted by Crippen LogP contribution is 2.36. The summed E-state index contributed by atoms with van der Waals surface area (Å²) < 4.78 is 69.2. The lowest BCUT2D eigenvalue weighted by molar-refractivity contribution is -0.145. The Labute approximate surface area is 224 Å². The molecule has 1 aliphatic rings. The van der Waals surface area contributed by atoms with Gasteiger partial charge in [0.25, 0.3) is 15.8 Å². The van der Waals surface area contributed by atoms with E-state index in [0.717, 1.165) is 4.68 Å². The quantitative estimate of drug-likeness (QED) is 0.277. The van der Waals surface area contributed by atoms with Crippen LogP contribution in [0.5, 0.6) is 0 Å². The van der Waals surface area contributed by atoms with Crippen molar-refractivity contribution >= 4 is 44.9 Å². The minimum absolute atomic E-state index is 0.00523. The number of hydrogen-bond acceptors (Lipinski definition) is 6. The van der Waals surface area contributed by atoms with E-state index in [4.69, 9.17) is 16.7 Å². The maximum atomic E-state index is 13.4. The number of rotatable bonds is 6. The van der Waals surface area contributed by atoms with Crippen LogP contribution in [-0.2, 0) is 16.2 Å². The molecule has 0 aliphatic carbocycles. The third kappa shape index (κ3) is 5.45. The van der Waals surface area contributed by atoms with Crippen LogP contribution < -0.4 is 10.0 Å². The van der Waals surface area contributed by atoms with Crippen molar-refractivity contribution in [3.05, 3.63) is 106 Å². The van der Waals surface area contributed by atoms with Gasteiger partial charge in [0.1, 0.15) is 6.04 Å². The Kier molecular flexibility index (Phi) is 6.56. The first-order valence-electron chi connectivity index (χ1n) is 11.2. The lowest BCUT2D eigenvalue weighted by atomic mass is 10.0. The second-order valence-corrected chi connectivity index (χ2v) is 10.5. The first-order chi connectivity index (χ1) is 18.4. The van der Waals surface area contributed by atoms with E-state index in [0.29, 0.717) is 21.8 Å². The Morgan fingerprint density at radius 1 is 1.00 bits per heavy atom. The zero-order valence-corrected chi connectivity index (χ0v) is 21.1. The SMILES string of the molecule is O=C(O)c1ccc(NS(=O)(=O)c2ccc(C3=C[C@@H](c4ccc(Cl)cc4)n4nc(C(F)(F)F)nc4N3)cc2)cc1. The van der Waals surface area contributed by atoms with Gasteiger partial charge in [0.05, 0.1) is 10.5 Å². The number of aromatic nitrogens is 3. The third-order valence-electron chi connectivity index (χ3n) is 5.79. The van der Waals surface area contributed by atoms with Crippen LogP contribution in [0.4, 0.5) is 24.8 Å². The van der Waals surface area contributed by atoms with Crippen molar-refractivity contribution < 1.29 is 31.5 Å². The van der Waals surface area contributed by atoms with Gasteiger partial charge in [-0.05, 0) is 65.7 Å². The van der Waals surface area contributed by atoms with E-state index in [2.05, 4.69) is 20.1 Å². The molecule has 200 valence electrons. The molecule has 4 aromatic rings. The van der Waals surface area contributed by atoms with E-state index in [-0.39, 0.29) is 22.1 Å². The fraction of sp³-hybridized carbons (Fsp3) is 0.0800.